The summed E-state index contributed by atoms with van der Waals surface area (Å²) in [7, 11) is 0. The molecule has 1 fully saturated rings. The van der Waals surface area contributed by atoms with Crippen LogP contribution in [0.5, 0.6) is 11.5 Å². The van der Waals surface area contributed by atoms with Crippen molar-refractivity contribution >= 4 is 44.1 Å². The Morgan fingerprint density at radius 3 is 2.61 bits per heavy atom. The highest BCUT2D eigenvalue weighted by molar-refractivity contribution is 7.22. The standard InChI is InChI=1S/C30H26N2O5S/c1-4-15-37-21-12-10-19(11-13-21)26-25(27(33)20-7-6-8-22(17-20)36-5-2)28(34)29(35)32(26)30-31-23-14-9-18(3)16-24(23)38-30/h4,6-14,16-17,26,33H,1,5,15H2,2-3H3. The van der Waals surface area contributed by atoms with Gasteiger partial charge in [-0.05, 0) is 61.4 Å². The average Bonchev–Trinajstić information content (AvgIpc) is 3.45. The van der Waals surface area contributed by atoms with Crippen LogP contribution in [0.1, 0.15) is 29.7 Å². The lowest BCUT2D eigenvalue weighted by Crippen LogP contribution is -2.29. The van der Waals surface area contributed by atoms with Gasteiger partial charge in [-0.3, -0.25) is 14.5 Å². The van der Waals surface area contributed by atoms with Crippen LogP contribution in [0.15, 0.2) is 85.0 Å². The Hall–Kier alpha value is -4.43. The van der Waals surface area contributed by atoms with Crippen molar-refractivity contribution in [2.24, 2.45) is 0 Å². The van der Waals surface area contributed by atoms with Crippen molar-refractivity contribution in [1.82, 2.24) is 4.98 Å². The number of hydrogen-bond donors (Lipinski definition) is 1. The number of ketones is 1. The minimum absolute atomic E-state index is 0.0150. The van der Waals surface area contributed by atoms with E-state index in [1.54, 1.807) is 54.6 Å². The van der Waals surface area contributed by atoms with Gasteiger partial charge in [0.15, 0.2) is 5.13 Å². The van der Waals surface area contributed by atoms with Crippen LogP contribution in [-0.4, -0.2) is 35.0 Å². The van der Waals surface area contributed by atoms with Gasteiger partial charge in [-0.1, -0.05) is 54.3 Å². The molecule has 1 aliphatic heterocycles. The van der Waals surface area contributed by atoms with Crippen LogP contribution in [0.25, 0.3) is 16.0 Å². The van der Waals surface area contributed by atoms with Crippen LogP contribution in [0.2, 0.25) is 0 Å². The molecule has 0 spiro atoms. The largest absolute Gasteiger partial charge is 0.507 e. The van der Waals surface area contributed by atoms with Crippen molar-refractivity contribution in [3.63, 3.8) is 0 Å². The van der Waals surface area contributed by atoms with Crippen LogP contribution in [-0.2, 0) is 9.59 Å². The Kier molecular flexibility index (Phi) is 6.98. The molecule has 8 heteroatoms. The molecule has 1 aliphatic rings. The number of aliphatic hydroxyl groups is 1. The Morgan fingerprint density at radius 1 is 1.08 bits per heavy atom. The molecule has 0 bridgehead atoms. The summed E-state index contributed by atoms with van der Waals surface area (Å²) in [6.45, 7) is 8.30. The highest BCUT2D eigenvalue weighted by Crippen LogP contribution is 2.44. The van der Waals surface area contributed by atoms with Crippen molar-refractivity contribution in [2.75, 3.05) is 18.1 Å². The summed E-state index contributed by atoms with van der Waals surface area (Å²) in [4.78, 5) is 33.0. The molecule has 1 saturated heterocycles. The maximum Gasteiger partial charge on any atom is 0.301 e. The molecule has 2 heterocycles. The van der Waals surface area contributed by atoms with E-state index >= 15 is 0 Å². The molecule has 1 aromatic heterocycles. The molecule has 1 unspecified atom stereocenters. The summed E-state index contributed by atoms with van der Waals surface area (Å²) in [6.07, 6.45) is 1.65. The fraction of sp³-hybridized carbons (Fsp3) is 0.167. The van der Waals surface area contributed by atoms with Crippen LogP contribution in [0.3, 0.4) is 0 Å². The number of anilines is 1. The van der Waals surface area contributed by atoms with Crippen LogP contribution in [0.4, 0.5) is 5.13 Å². The molecule has 1 amide bonds. The van der Waals surface area contributed by atoms with Crippen LogP contribution in [0, 0.1) is 6.92 Å². The normalized spacial score (nSPS) is 16.7. The number of Topliss-reactive ketones (excluding diaryl/α,β-unsaturated/α-hetero) is 1. The van der Waals surface area contributed by atoms with E-state index in [9.17, 15) is 14.7 Å². The molecule has 0 aliphatic carbocycles. The summed E-state index contributed by atoms with van der Waals surface area (Å²) >= 11 is 1.33. The molecule has 7 nitrogen and oxygen atoms in total. The number of rotatable bonds is 8. The second kappa shape index (κ2) is 10.5. The predicted molar refractivity (Wildman–Crippen MR) is 149 cm³/mol. The van der Waals surface area contributed by atoms with Crippen LogP contribution >= 0.6 is 11.3 Å². The summed E-state index contributed by atoms with van der Waals surface area (Å²) in [6, 6.07) is 18.8. The Balaban J connectivity index is 1.67. The van der Waals surface area contributed by atoms with Crippen molar-refractivity contribution in [3.05, 3.63) is 102 Å². The van der Waals surface area contributed by atoms with E-state index in [4.69, 9.17) is 9.47 Å². The molecule has 1 atom stereocenters. The first-order chi connectivity index (χ1) is 18.4. The van der Waals surface area contributed by atoms with Gasteiger partial charge in [0.05, 0.1) is 28.4 Å². The first kappa shape index (κ1) is 25.2. The average molecular weight is 527 g/mol. The number of aliphatic hydroxyl groups excluding tert-OH is 1. The lowest BCUT2D eigenvalue weighted by Gasteiger charge is -2.23. The smallest absolute Gasteiger partial charge is 0.301 e. The third-order valence-electron chi connectivity index (χ3n) is 6.17. The number of amides is 1. The minimum Gasteiger partial charge on any atom is -0.507 e. The molecular weight excluding hydrogens is 500 g/mol. The van der Waals surface area contributed by atoms with Gasteiger partial charge < -0.3 is 14.6 Å². The molecule has 3 aromatic carbocycles. The SMILES string of the molecule is C=CCOc1ccc(C2C(=C(O)c3cccc(OCC)c3)C(=O)C(=O)N2c2nc3ccc(C)cc3s2)cc1. The number of benzene rings is 3. The third kappa shape index (κ3) is 4.66. The quantitative estimate of drug-likeness (QED) is 0.127. The summed E-state index contributed by atoms with van der Waals surface area (Å²) in [5.74, 6) is -0.642. The van der Waals surface area contributed by atoms with Gasteiger partial charge in [-0.2, -0.15) is 0 Å². The first-order valence-corrected chi connectivity index (χ1v) is 13.0. The number of ether oxygens (including phenoxy) is 2. The van der Waals surface area contributed by atoms with Crippen molar-refractivity contribution in [1.29, 1.82) is 0 Å². The van der Waals surface area contributed by atoms with Gasteiger partial charge in [-0.15, -0.1) is 0 Å². The molecule has 0 saturated carbocycles. The van der Waals surface area contributed by atoms with E-state index in [-0.39, 0.29) is 11.3 Å². The number of hydrogen-bond acceptors (Lipinski definition) is 7. The molecule has 192 valence electrons. The number of nitrogens with zero attached hydrogens (tertiary/aromatic N) is 2. The summed E-state index contributed by atoms with van der Waals surface area (Å²) in [5.41, 5.74) is 2.79. The Bertz CT molecular complexity index is 1570. The first-order valence-electron chi connectivity index (χ1n) is 12.2. The number of fused-ring (bicyclic) bond motifs is 1. The summed E-state index contributed by atoms with van der Waals surface area (Å²) in [5, 5.41) is 11.8. The van der Waals surface area contributed by atoms with Crippen molar-refractivity contribution in [2.45, 2.75) is 19.9 Å². The predicted octanol–water partition coefficient (Wildman–Crippen LogP) is 6.19. The van der Waals surface area contributed by atoms with Crippen molar-refractivity contribution < 1.29 is 24.2 Å². The number of carbonyl (C=O) groups is 2. The van der Waals surface area contributed by atoms with Gasteiger partial charge in [0.1, 0.15) is 23.9 Å². The number of thiazole rings is 1. The van der Waals surface area contributed by atoms with Gasteiger partial charge in [0.25, 0.3) is 5.78 Å². The molecule has 4 aromatic rings. The van der Waals surface area contributed by atoms with E-state index in [1.165, 1.54) is 16.2 Å². The van der Waals surface area contributed by atoms with Gasteiger partial charge >= 0.3 is 5.91 Å². The fourth-order valence-corrected chi connectivity index (χ4v) is 5.52. The van der Waals surface area contributed by atoms with E-state index in [1.807, 2.05) is 32.0 Å². The van der Waals surface area contributed by atoms with E-state index < -0.39 is 17.7 Å². The second-order valence-corrected chi connectivity index (χ2v) is 9.78. The lowest BCUT2D eigenvalue weighted by molar-refractivity contribution is -0.132. The van der Waals surface area contributed by atoms with Crippen molar-refractivity contribution in [3.8, 4) is 11.5 Å². The van der Waals surface area contributed by atoms with Gasteiger partial charge in [-0.25, -0.2) is 4.98 Å². The monoisotopic (exact) mass is 526 g/mol. The van der Waals surface area contributed by atoms with Crippen LogP contribution < -0.4 is 14.4 Å². The number of carbonyl (C=O) groups excluding carboxylic acids is 2. The van der Waals surface area contributed by atoms with Gasteiger partial charge in [0.2, 0.25) is 0 Å². The van der Waals surface area contributed by atoms with E-state index in [0.717, 1.165) is 15.8 Å². The lowest BCUT2D eigenvalue weighted by atomic mass is 9.95. The molecule has 0 radical (unpaired) electrons. The van der Waals surface area contributed by atoms with E-state index in [0.29, 0.717) is 41.0 Å². The molecule has 38 heavy (non-hydrogen) atoms. The Labute approximate surface area is 224 Å². The third-order valence-corrected chi connectivity index (χ3v) is 7.18. The number of aromatic nitrogens is 1. The highest BCUT2D eigenvalue weighted by atomic mass is 32.1. The minimum atomic E-state index is -0.888. The zero-order valence-electron chi connectivity index (χ0n) is 21.0. The maximum atomic E-state index is 13.5. The summed E-state index contributed by atoms with van der Waals surface area (Å²) < 4.78 is 12.1. The topological polar surface area (TPSA) is 89.0 Å². The highest BCUT2D eigenvalue weighted by Gasteiger charge is 2.48. The van der Waals surface area contributed by atoms with Gasteiger partial charge in [0, 0.05) is 5.56 Å². The zero-order chi connectivity index (χ0) is 26.8. The Morgan fingerprint density at radius 2 is 1.87 bits per heavy atom. The second-order valence-electron chi connectivity index (χ2n) is 8.77. The fourth-order valence-electron chi connectivity index (χ4n) is 4.42. The molecule has 5 rings (SSSR count). The maximum absolute atomic E-state index is 13.5. The number of aryl methyl sites for hydroxylation is 1. The van der Waals surface area contributed by atoms with E-state index in [2.05, 4.69) is 11.6 Å². The molecule has 1 N–H and O–H groups in total. The zero-order valence-corrected chi connectivity index (χ0v) is 21.8. The molecular formula is C30H26N2O5S.